The van der Waals surface area contributed by atoms with Crippen molar-refractivity contribution in [3.63, 3.8) is 0 Å². The van der Waals surface area contributed by atoms with Gasteiger partial charge in [-0.15, -0.1) is 5.10 Å². The molecule has 2 aromatic heterocycles. The van der Waals surface area contributed by atoms with Gasteiger partial charge in [-0.3, -0.25) is 4.79 Å². The van der Waals surface area contributed by atoms with E-state index < -0.39 is 6.10 Å². The van der Waals surface area contributed by atoms with Crippen LogP contribution < -0.4 is 0 Å². The van der Waals surface area contributed by atoms with E-state index in [1.807, 2.05) is 35.3 Å². The predicted octanol–water partition coefficient (Wildman–Crippen LogP) is 6.23. The summed E-state index contributed by atoms with van der Waals surface area (Å²) in [5, 5.41) is 25.3. The van der Waals surface area contributed by atoms with Crippen molar-refractivity contribution in [2.24, 2.45) is 34.5 Å². The topological polar surface area (TPSA) is 85.8 Å². The molecule has 4 aliphatic rings. The Hall–Kier alpha value is -3.91. The number of carbonyl (C=O) groups excluding carboxylic acids is 1. The maximum atomic E-state index is 13.9. The molecular weight excluding hydrogens is 565 g/mol. The molecule has 7 nitrogen and oxygen atoms in total. The molecule has 7 atom stereocenters. The molecule has 0 spiro atoms. The quantitative estimate of drug-likeness (QED) is 0.282. The number of allylic oxidation sites excluding steroid dienone is 1. The van der Waals surface area contributed by atoms with Gasteiger partial charge in [0.25, 0.3) is 0 Å². The Balaban J connectivity index is 1.01. The number of ketones is 1. The van der Waals surface area contributed by atoms with Crippen LogP contribution in [0.4, 0.5) is 4.39 Å². The minimum atomic E-state index is -0.476. The van der Waals surface area contributed by atoms with E-state index in [1.165, 1.54) is 28.8 Å². The van der Waals surface area contributed by atoms with Crippen LogP contribution in [0.5, 0.6) is 0 Å². The number of halogens is 1. The van der Waals surface area contributed by atoms with Crippen LogP contribution in [0.3, 0.4) is 0 Å². The molecule has 0 amide bonds. The highest BCUT2D eigenvalue weighted by Crippen LogP contribution is 2.66. The fraction of sp³-hybridized carbons (Fsp3) is 0.459. The molecule has 8 rings (SSSR count). The zero-order valence-corrected chi connectivity index (χ0v) is 25.9. The number of hydrogen-bond acceptors (Lipinski definition) is 5. The second kappa shape index (κ2) is 10.6. The van der Waals surface area contributed by atoms with E-state index in [9.17, 15) is 14.3 Å². The molecule has 1 N–H and O–H groups in total. The Morgan fingerprint density at radius 1 is 1.07 bits per heavy atom. The van der Waals surface area contributed by atoms with Crippen molar-refractivity contribution in [1.29, 1.82) is 0 Å². The Labute approximate surface area is 263 Å². The number of Topliss-reactive ketones (excluding diaryl/α,β-unsaturated/α-hetero) is 1. The van der Waals surface area contributed by atoms with Gasteiger partial charge in [0, 0.05) is 18.5 Å². The monoisotopic (exact) mass is 605 g/mol. The van der Waals surface area contributed by atoms with E-state index in [-0.39, 0.29) is 40.8 Å². The number of aromatic nitrogens is 5. The van der Waals surface area contributed by atoms with Gasteiger partial charge in [-0.05, 0) is 109 Å². The molecule has 4 aliphatic carbocycles. The average Bonchev–Trinajstić information content (AvgIpc) is 3.73. The first-order valence-electron chi connectivity index (χ1n) is 16.4. The van der Waals surface area contributed by atoms with Gasteiger partial charge >= 0.3 is 0 Å². The molecule has 8 heteroatoms. The van der Waals surface area contributed by atoms with Crippen LogP contribution in [0, 0.1) is 40.3 Å². The first-order chi connectivity index (χ1) is 21.7. The Kier molecular flexibility index (Phi) is 6.71. The lowest BCUT2D eigenvalue weighted by Crippen LogP contribution is -2.57. The number of rotatable bonds is 6. The summed E-state index contributed by atoms with van der Waals surface area (Å²) in [6, 6.07) is 16.7. The molecule has 2 aromatic carbocycles. The summed E-state index contributed by atoms with van der Waals surface area (Å²) >= 11 is 0. The molecule has 0 aliphatic heterocycles. The van der Waals surface area contributed by atoms with E-state index in [0.717, 1.165) is 49.2 Å². The normalized spacial score (nSPS) is 31.8. The van der Waals surface area contributed by atoms with Crippen LogP contribution >= 0.6 is 0 Å². The minimum absolute atomic E-state index is 0.0866. The molecule has 45 heavy (non-hydrogen) atoms. The van der Waals surface area contributed by atoms with Gasteiger partial charge in [-0.1, -0.05) is 55.0 Å². The van der Waals surface area contributed by atoms with Gasteiger partial charge in [0.05, 0.1) is 29.4 Å². The lowest BCUT2D eigenvalue weighted by atomic mass is 9.46. The largest absolute Gasteiger partial charge is 0.393 e. The molecule has 4 aromatic rings. The lowest BCUT2D eigenvalue weighted by molar-refractivity contribution is -0.142. The minimum Gasteiger partial charge on any atom is -0.393 e. The molecule has 3 fully saturated rings. The SMILES string of the molecule is CC12Cc3cnn(-c4ccc(F)cc4)c3C=C1CCC1C2C(O)CC2(C)C(C(=O)Cn3cc(Cc4ccccc4)nn3)CCC12. The first-order valence-corrected chi connectivity index (χ1v) is 16.4. The van der Waals surface area contributed by atoms with Crippen LogP contribution in [-0.2, 0) is 24.2 Å². The second-order valence-electron chi connectivity index (χ2n) is 14.5. The molecule has 7 unspecified atom stereocenters. The average molecular weight is 606 g/mol. The third kappa shape index (κ3) is 4.63. The fourth-order valence-electron chi connectivity index (χ4n) is 10.1. The number of carbonyl (C=O) groups is 1. The summed E-state index contributed by atoms with van der Waals surface area (Å²) in [5.74, 6) is 0.783. The van der Waals surface area contributed by atoms with Crippen molar-refractivity contribution < 1.29 is 14.3 Å². The molecule has 232 valence electrons. The smallest absolute Gasteiger partial charge is 0.157 e. The molecule has 0 saturated heterocycles. The van der Waals surface area contributed by atoms with Crippen molar-refractivity contribution in [2.45, 2.75) is 71.4 Å². The van der Waals surface area contributed by atoms with Crippen LogP contribution in [0.25, 0.3) is 11.8 Å². The van der Waals surface area contributed by atoms with Gasteiger partial charge in [0.2, 0.25) is 0 Å². The number of aliphatic hydroxyl groups is 1. The van der Waals surface area contributed by atoms with Crippen LogP contribution in [-0.4, -0.2) is 41.8 Å². The van der Waals surface area contributed by atoms with Crippen molar-refractivity contribution in [2.75, 3.05) is 0 Å². The third-order valence-electron chi connectivity index (χ3n) is 12.0. The highest BCUT2D eigenvalue weighted by Gasteiger charge is 2.63. The van der Waals surface area contributed by atoms with Gasteiger partial charge in [0.1, 0.15) is 12.4 Å². The van der Waals surface area contributed by atoms with E-state index in [1.54, 1.807) is 16.8 Å². The zero-order valence-electron chi connectivity index (χ0n) is 25.9. The lowest BCUT2D eigenvalue weighted by Gasteiger charge is -2.59. The third-order valence-corrected chi connectivity index (χ3v) is 12.0. The standard InChI is InChI=1S/C37H40FN5O2/c1-36-18-24-20-39-43(28-11-9-26(38)10-12-28)32(24)17-25(36)8-13-29-30-14-15-31(37(30,2)19-33(44)35(29)36)34(45)22-42-21-27(40-41-42)16-23-6-4-3-5-7-23/h3-7,9-12,17,20-21,29-31,33,35,44H,8,13-16,18-19,22H2,1-2H3. The van der Waals surface area contributed by atoms with Crippen LogP contribution in [0.2, 0.25) is 0 Å². The summed E-state index contributed by atoms with van der Waals surface area (Å²) in [7, 11) is 0. The Morgan fingerprint density at radius 2 is 1.87 bits per heavy atom. The summed E-state index contributed by atoms with van der Waals surface area (Å²) in [6.45, 7) is 4.84. The second-order valence-corrected chi connectivity index (χ2v) is 14.5. The van der Waals surface area contributed by atoms with Crippen molar-refractivity contribution in [3.05, 3.63) is 101 Å². The molecule has 0 bridgehead atoms. The van der Waals surface area contributed by atoms with Crippen molar-refractivity contribution in [3.8, 4) is 5.69 Å². The maximum Gasteiger partial charge on any atom is 0.157 e. The maximum absolute atomic E-state index is 13.9. The van der Waals surface area contributed by atoms with Gasteiger partial charge < -0.3 is 5.11 Å². The summed E-state index contributed by atoms with van der Waals surface area (Å²) in [6.07, 6.45) is 11.7. The molecular formula is C37H40FN5O2. The highest BCUT2D eigenvalue weighted by molar-refractivity contribution is 5.82. The highest BCUT2D eigenvalue weighted by atomic mass is 19.1. The van der Waals surface area contributed by atoms with Crippen molar-refractivity contribution >= 4 is 11.9 Å². The van der Waals surface area contributed by atoms with Gasteiger partial charge in [0.15, 0.2) is 5.78 Å². The van der Waals surface area contributed by atoms with E-state index in [2.05, 4.69) is 42.4 Å². The zero-order chi connectivity index (χ0) is 30.9. The van der Waals surface area contributed by atoms with E-state index >= 15 is 0 Å². The summed E-state index contributed by atoms with van der Waals surface area (Å²) in [5.41, 5.74) is 6.11. The number of benzene rings is 2. The van der Waals surface area contributed by atoms with E-state index in [4.69, 9.17) is 5.10 Å². The summed E-state index contributed by atoms with van der Waals surface area (Å²) < 4.78 is 17.2. The van der Waals surface area contributed by atoms with Crippen molar-refractivity contribution in [1.82, 2.24) is 24.8 Å². The first kappa shape index (κ1) is 28.6. The number of hydrogen-bond donors (Lipinski definition) is 1. The Morgan fingerprint density at radius 3 is 2.67 bits per heavy atom. The number of nitrogens with zero attached hydrogens (tertiary/aromatic N) is 5. The molecule has 2 heterocycles. The summed E-state index contributed by atoms with van der Waals surface area (Å²) in [4.78, 5) is 13.9. The predicted molar refractivity (Wildman–Crippen MR) is 169 cm³/mol. The number of fused-ring (bicyclic) bond motifs is 6. The molecule has 3 saturated carbocycles. The van der Waals surface area contributed by atoms with Gasteiger partial charge in [-0.2, -0.15) is 5.10 Å². The fourth-order valence-corrected chi connectivity index (χ4v) is 10.1. The molecule has 0 radical (unpaired) electrons. The Bertz CT molecular complexity index is 1780. The van der Waals surface area contributed by atoms with Crippen LogP contribution in [0.1, 0.15) is 68.5 Å². The van der Waals surface area contributed by atoms with E-state index in [0.29, 0.717) is 24.7 Å². The van der Waals surface area contributed by atoms with Crippen LogP contribution in [0.15, 0.2) is 72.6 Å². The van der Waals surface area contributed by atoms with Gasteiger partial charge in [-0.25, -0.2) is 13.8 Å². The number of aliphatic hydroxyl groups excluding tert-OH is 1.